The molecule has 28 heavy (non-hydrogen) atoms. The van der Waals surface area contributed by atoms with E-state index in [0.29, 0.717) is 17.1 Å². The molecule has 2 N–H and O–H groups in total. The smallest absolute Gasteiger partial charge is 0.319 e. The number of nitrogens with zero attached hydrogens (tertiary/aromatic N) is 3. The van der Waals surface area contributed by atoms with Crippen LogP contribution < -0.4 is 15.4 Å². The number of anilines is 1. The van der Waals surface area contributed by atoms with Gasteiger partial charge in [-0.05, 0) is 43.2 Å². The van der Waals surface area contributed by atoms with Crippen molar-refractivity contribution >= 4 is 11.7 Å². The van der Waals surface area contributed by atoms with Gasteiger partial charge in [-0.15, -0.1) is 0 Å². The fourth-order valence-corrected chi connectivity index (χ4v) is 2.67. The zero-order valence-corrected chi connectivity index (χ0v) is 15.4. The molecule has 1 fully saturated rings. The topological polar surface area (TPSA) is 81.1 Å². The fourth-order valence-electron chi connectivity index (χ4n) is 2.67. The van der Waals surface area contributed by atoms with Crippen molar-refractivity contribution in [2.75, 3.05) is 5.32 Å². The number of aromatic nitrogens is 3. The molecule has 0 saturated heterocycles. The summed E-state index contributed by atoms with van der Waals surface area (Å²) in [4.78, 5) is 16.3. The van der Waals surface area contributed by atoms with Crippen LogP contribution in [0.25, 0.3) is 11.4 Å². The fraction of sp³-hybridized carbons (Fsp3) is 0.250. The van der Waals surface area contributed by atoms with Crippen LogP contribution in [-0.4, -0.2) is 26.9 Å². The number of carbonyl (C=O) groups excluding carboxylic acids is 1. The summed E-state index contributed by atoms with van der Waals surface area (Å²) < 4.78 is 21.6. The van der Waals surface area contributed by atoms with E-state index in [4.69, 9.17) is 4.74 Å². The number of urea groups is 1. The summed E-state index contributed by atoms with van der Waals surface area (Å²) in [6.07, 6.45) is 3.66. The molecule has 1 saturated carbocycles. The highest BCUT2D eigenvalue weighted by Crippen LogP contribution is 2.29. The zero-order chi connectivity index (χ0) is 19.5. The van der Waals surface area contributed by atoms with Crippen LogP contribution in [0.4, 0.5) is 14.9 Å². The van der Waals surface area contributed by atoms with Crippen molar-refractivity contribution in [3.63, 3.8) is 0 Å². The van der Waals surface area contributed by atoms with E-state index < -0.39 is 11.8 Å². The van der Waals surface area contributed by atoms with Crippen LogP contribution in [0.1, 0.15) is 18.4 Å². The molecule has 7 nitrogen and oxygen atoms in total. The highest BCUT2D eigenvalue weighted by Gasteiger charge is 2.25. The minimum atomic E-state index is -0.429. The van der Waals surface area contributed by atoms with Gasteiger partial charge >= 0.3 is 6.03 Å². The molecule has 0 spiro atoms. The quantitative estimate of drug-likeness (QED) is 0.685. The second-order valence-electron chi connectivity index (χ2n) is 6.67. The molecule has 0 radical (unpaired) electrons. The van der Waals surface area contributed by atoms with Crippen LogP contribution in [0.3, 0.4) is 0 Å². The first-order valence-corrected chi connectivity index (χ1v) is 9.03. The number of aryl methyl sites for hydroxylation is 1. The first kappa shape index (κ1) is 18.0. The molecule has 1 aliphatic carbocycles. The van der Waals surface area contributed by atoms with Gasteiger partial charge in [-0.1, -0.05) is 12.1 Å². The molecule has 1 heterocycles. The van der Waals surface area contributed by atoms with Gasteiger partial charge in [0, 0.05) is 30.4 Å². The molecule has 2 amide bonds. The summed E-state index contributed by atoms with van der Waals surface area (Å²) >= 11 is 0. The number of hydrogen-bond acceptors (Lipinski definition) is 4. The lowest BCUT2D eigenvalue weighted by Crippen LogP contribution is -2.28. The maximum absolute atomic E-state index is 14.4. The van der Waals surface area contributed by atoms with E-state index >= 15 is 0 Å². The Morgan fingerprint density at radius 2 is 2.04 bits per heavy atom. The zero-order valence-electron chi connectivity index (χ0n) is 15.4. The molecule has 4 rings (SSSR count). The summed E-state index contributed by atoms with van der Waals surface area (Å²) in [5.74, 6) is 0.421. The molecule has 0 atom stereocenters. The Labute approximate surface area is 161 Å². The first-order chi connectivity index (χ1) is 13.6. The van der Waals surface area contributed by atoms with E-state index in [1.54, 1.807) is 48.4 Å². The van der Waals surface area contributed by atoms with Gasteiger partial charge in [0.1, 0.15) is 6.33 Å². The third kappa shape index (κ3) is 4.28. The summed E-state index contributed by atoms with van der Waals surface area (Å²) in [6, 6.07) is 11.7. The Kier molecular flexibility index (Phi) is 4.92. The molecule has 0 bridgehead atoms. The monoisotopic (exact) mass is 381 g/mol. The average Bonchev–Trinajstić information content (AvgIpc) is 3.41. The van der Waals surface area contributed by atoms with Gasteiger partial charge < -0.3 is 15.4 Å². The number of amides is 2. The standard InChI is InChI=1S/C20H20FN5O2/c1-26-12-23-19(25-26)13-5-7-15(8-6-13)24-20(27)22-11-14-3-2-4-17(18(14)21)28-16-9-10-16/h2-8,12,16H,9-11H2,1H3,(H2,22,24,27). The maximum atomic E-state index is 14.4. The molecule has 0 aliphatic heterocycles. The van der Waals surface area contributed by atoms with Crippen molar-refractivity contribution in [1.29, 1.82) is 0 Å². The lowest BCUT2D eigenvalue weighted by Gasteiger charge is -2.11. The lowest BCUT2D eigenvalue weighted by molar-refractivity contribution is 0.251. The van der Waals surface area contributed by atoms with E-state index in [1.165, 1.54) is 0 Å². The predicted molar refractivity (Wildman–Crippen MR) is 102 cm³/mol. The molecule has 2 aromatic carbocycles. The number of hydrogen-bond donors (Lipinski definition) is 2. The van der Waals surface area contributed by atoms with Crippen LogP contribution >= 0.6 is 0 Å². The molecular formula is C20H20FN5O2. The molecule has 0 unspecified atom stereocenters. The third-order valence-corrected chi connectivity index (χ3v) is 4.30. The van der Waals surface area contributed by atoms with Gasteiger partial charge in [-0.3, -0.25) is 4.68 Å². The number of halogens is 1. The molecule has 1 aromatic heterocycles. The van der Waals surface area contributed by atoms with Gasteiger partial charge in [0.05, 0.1) is 6.10 Å². The number of ether oxygens (including phenoxy) is 1. The summed E-state index contributed by atoms with van der Waals surface area (Å²) in [5, 5.41) is 9.61. The first-order valence-electron chi connectivity index (χ1n) is 9.03. The number of carbonyl (C=O) groups is 1. The largest absolute Gasteiger partial charge is 0.487 e. The van der Waals surface area contributed by atoms with E-state index in [9.17, 15) is 9.18 Å². The molecular weight excluding hydrogens is 361 g/mol. The second kappa shape index (κ2) is 7.67. The predicted octanol–water partition coefficient (Wildman–Crippen LogP) is 3.48. The van der Waals surface area contributed by atoms with Crippen molar-refractivity contribution in [2.45, 2.75) is 25.5 Å². The summed E-state index contributed by atoms with van der Waals surface area (Å²) in [7, 11) is 1.80. The number of rotatable bonds is 6. The second-order valence-corrected chi connectivity index (χ2v) is 6.67. The molecule has 1 aliphatic rings. The van der Waals surface area contributed by atoms with Crippen LogP contribution in [0, 0.1) is 5.82 Å². The minimum Gasteiger partial charge on any atom is -0.487 e. The average molecular weight is 381 g/mol. The summed E-state index contributed by atoms with van der Waals surface area (Å²) in [6.45, 7) is 0.0650. The Morgan fingerprint density at radius 3 is 2.71 bits per heavy atom. The van der Waals surface area contributed by atoms with Gasteiger partial charge in [-0.25, -0.2) is 14.2 Å². The molecule has 3 aromatic rings. The Balaban J connectivity index is 1.33. The maximum Gasteiger partial charge on any atom is 0.319 e. The summed E-state index contributed by atoms with van der Waals surface area (Å²) in [5.41, 5.74) is 1.84. The van der Waals surface area contributed by atoms with E-state index in [-0.39, 0.29) is 18.4 Å². The minimum absolute atomic E-state index is 0.0650. The van der Waals surface area contributed by atoms with Crippen LogP contribution in [-0.2, 0) is 13.6 Å². The highest BCUT2D eigenvalue weighted by atomic mass is 19.1. The normalized spacial score (nSPS) is 13.2. The third-order valence-electron chi connectivity index (χ3n) is 4.30. The van der Waals surface area contributed by atoms with E-state index in [0.717, 1.165) is 18.4 Å². The van der Waals surface area contributed by atoms with Crippen molar-refractivity contribution in [2.24, 2.45) is 7.05 Å². The van der Waals surface area contributed by atoms with E-state index in [1.807, 2.05) is 12.1 Å². The van der Waals surface area contributed by atoms with Crippen molar-refractivity contribution in [1.82, 2.24) is 20.1 Å². The van der Waals surface area contributed by atoms with Gasteiger partial charge in [0.15, 0.2) is 17.4 Å². The molecule has 144 valence electrons. The molecule has 8 heteroatoms. The Morgan fingerprint density at radius 1 is 1.25 bits per heavy atom. The lowest BCUT2D eigenvalue weighted by atomic mass is 10.2. The Hall–Kier alpha value is -3.42. The van der Waals surface area contributed by atoms with Crippen LogP contribution in [0.15, 0.2) is 48.8 Å². The SMILES string of the molecule is Cn1cnc(-c2ccc(NC(=O)NCc3cccc(OC4CC4)c3F)cc2)n1. The van der Waals surface area contributed by atoms with Gasteiger partial charge in [0.25, 0.3) is 0 Å². The van der Waals surface area contributed by atoms with Gasteiger partial charge in [-0.2, -0.15) is 5.10 Å². The van der Waals surface area contributed by atoms with Crippen LogP contribution in [0.5, 0.6) is 5.75 Å². The highest BCUT2D eigenvalue weighted by molar-refractivity contribution is 5.89. The van der Waals surface area contributed by atoms with Crippen LogP contribution in [0.2, 0.25) is 0 Å². The number of benzene rings is 2. The van der Waals surface area contributed by atoms with E-state index in [2.05, 4.69) is 20.7 Å². The van der Waals surface area contributed by atoms with Gasteiger partial charge in [0.2, 0.25) is 0 Å². The van der Waals surface area contributed by atoms with Crippen molar-refractivity contribution in [3.05, 3.63) is 60.2 Å². The Bertz CT molecular complexity index is 983. The van der Waals surface area contributed by atoms with Crippen molar-refractivity contribution in [3.8, 4) is 17.1 Å². The van der Waals surface area contributed by atoms with Crippen molar-refractivity contribution < 1.29 is 13.9 Å². The number of nitrogens with one attached hydrogen (secondary N) is 2.